The van der Waals surface area contributed by atoms with E-state index in [4.69, 9.17) is 4.74 Å². The highest BCUT2D eigenvalue weighted by Gasteiger charge is 2.16. The molecule has 0 amide bonds. The Morgan fingerprint density at radius 2 is 2.29 bits per heavy atom. The van der Waals surface area contributed by atoms with Crippen molar-refractivity contribution in [2.45, 2.75) is 18.9 Å². The SMILES string of the molecule is Cn1nc(Br)cc1OC1CCNCC1. The van der Waals surface area contributed by atoms with E-state index in [0.29, 0.717) is 6.10 Å². The largest absolute Gasteiger partial charge is 0.474 e. The molecule has 1 fully saturated rings. The lowest BCUT2D eigenvalue weighted by molar-refractivity contribution is 0.149. The number of aryl methyl sites for hydroxylation is 1. The first-order chi connectivity index (χ1) is 6.75. The van der Waals surface area contributed by atoms with Gasteiger partial charge in [0.05, 0.1) is 0 Å². The second-order valence-corrected chi connectivity index (χ2v) is 4.31. The van der Waals surface area contributed by atoms with Gasteiger partial charge in [0.15, 0.2) is 0 Å². The Balaban J connectivity index is 1.98. The molecule has 1 aromatic heterocycles. The van der Waals surface area contributed by atoms with Crippen molar-refractivity contribution >= 4 is 15.9 Å². The summed E-state index contributed by atoms with van der Waals surface area (Å²) < 4.78 is 8.42. The Morgan fingerprint density at radius 1 is 1.57 bits per heavy atom. The summed E-state index contributed by atoms with van der Waals surface area (Å²) in [5.74, 6) is 0.837. The Kier molecular flexibility index (Phi) is 3.08. The molecule has 1 aromatic rings. The van der Waals surface area contributed by atoms with Crippen LogP contribution in [0, 0.1) is 0 Å². The highest BCUT2D eigenvalue weighted by Crippen LogP contribution is 2.19. The van der Waals surface area contributed by atoms with Gasteiger partial charge < -0.3 is 10.1 Å². The number of nitrogens with one attached hydrogen (secondary N) is 1. The van der Waals surface area contributed by atoms with Crippen molar-refractivity contribution in [2.75, 3.05) is 13.1 Å². The molecular formula is C9H14BrN3O. The summed E-state index contributed by atoms with van der Waals surface area (Å²) in [7, 11) is 1.89. The smallest absolute Gasteiger partial charge is 0.212 e. The molecule has 5 heteroatoms. The predicted octanol–water partition coefficient (Wildman–Crippen LogP) is 1.31. The zero-order valence-corrected chi connectivity index (χ0v) is 9.75. The molecule has 1 aliphatic heterocycles. The quantitative estimate of drug-likeness (QED) is 0.871. The maximum absolute atomic E-state index is 5.84. The molecule has 14 heavy (non-hydrogen) atoms. The first kappa shape index (κ1) is 9.98. The molecule has 1 aliphatic rings. The highest BCUT2D eigenvalue weighted by atomic mass is 79.9. The fourth-order valence-electron chi connectivity index (χ4n) is 1.61. The van der Waals surface area contributed by atoms with Gasteiger partial charge in [-0.1, -0.05) is 0 Å². The molecule has 0 spiro atoms. The minimum absolute atomic E-state index is 0.332. The van der Waals surface area contributed by atoms with E-state index in [1.54, 1.807) is 4.68 Å². The first-order valence-corrected chi connectivity index (χ1v) is 5.62. The molecule has 0 bridgehead atoms. The molecule has 1 N–H and O–H groups in total. The van der Waals surface area contributed by atoms with Crippen molar-refractivity contribution in [3.8, 4) is 5.88 Å². The number of hydrogen-bond donors (Lipinski definition) is 1. The molecule has 0 aromatic carbocycles. The fourth-order valence-corrected chi connectivity index (χ4v) is 2.04. The van der Waals surface area contributed by atoms with E-state index in [-0.39, 0.29) is 0 Å². The molecule has 2 heterocycles. The van der Waals surface area contributed by atoms with E-state index >= 15 is 0 Å². The van der Waals surface area contributed by atoms with Gasteiger partial charge in [-0.2, -0.15) is 5.10 Å². The zero-order valence-electron chi connectivity index (χ0n) is 8.16. The monoisotopic (exact) mass is 259 g/mol. The van der Waals surface area contributed by atoms with Crippen LogP contribution in [0.2, 0.25) is 0 Å². The summed E-state index contributed by atoms with van der Waals surface area (Å²) >= 11 is 3.32. The van der Waals surface area contributed by atoms with Crippen LogP contribution in [0.25, 0.3) is 0 Å². The summed E-state index contributed by atoms with van der Waals surface area (Å²) in [6, 6.07) is 1.90. The number of piperidine rings is 1. The van der Waals surface area contributed by atoms with Gasteiger partial charge in [-0.25, -0.2) is 4.68 Å². The molecular weight excluding hydrogens is 246 g/mol. The van der Waals surface area contributed by atoms with Gasteiger partial charge in [-0.3, -0.25) is 0 Å². The van der Waals surface area contributed by atoms with Crippen molar-refractivity contribution < 1.29 is 4.74 Å². The van der Waals surface area contributed by atoms with E-state index in [0.717, 1.165) is 36.4 Å². The van der Waals surface area contributed by atoms with Crippen molar-refractivity contribution in [1.29, 1.82) is 0 Å². The van der Waals surface area contributed by atoms with Crippen LogP contribution >= 0.6 is 15.9 Å². The van der Waals surface area contributed by atoms with E-state index in [9.17, 15) is 0 Å². The van der Waals surface area contributed by atoms with Gasteiger partial charge >= 0.3 is 0 Å². The van der Waals surface area contributed by atoms with Crippen molar-refractivity contribution in [3.63, 3.8) is 0 Å². The van der Waals surface area contributed by atoms with Crippen molar-refractivity contribution in [2.24, 2.45) is 7.05 Å². The van der Waals surface area contributed by atoms with Crippen LogP contribution < -0.4 is 10.1 Å². The van der Waals surface area contributed by atoms with Crippen LogP contribution in [0.4, 0.5) is 0 Å². The average molecular weight is 260 g/mol. The fraction of sp³-hybridized carbons (Fsp3) is 0.667. The number of nitrogens with zero attached hydrogens (tertiary/aromatic N) is 2. The lowest BCUT2D eigenvalue weighted by atomic mass is 10.1. The van der Waals surface area contributed by atoms with E-state index < -0.39 is 0 Å². The molecule has 0 aliphatic carbocycles. The topological polar surface area (TPSA) is 39.1 Å². The second kappa shape index (κ2) is 4.31. The molecule has 4 nitrogen and oxygen atoms in total. The van der Waals surface area contributed by atoms with Gasteiger partial charge in [-0.15, -0.1) is 0 Å². The van der Waals surface area contributed by atoms with Crippen LogP contribution in [-0.2, 0) is 7.05 Å². The number of aromatic nitrogens is 2. The third-order valence-corrected chi connectivity index (χ3v) is 2.77. The third kappa shape index (κ3) is 2.27. The standard InChI is InChI=1S/C9H14BrN3O/c1-13-9(6-8(10)12-13)14-7-2-4-11-5-3-7/h6-7,11H,2-5H2,1H3. The van der Waals surface area contributed by atoms with Crippen LogP contribution in [0.15, 0.2) is 10.7 Å². The van der Waals surface area contributed by atoms with Gasteiger partial charge in [0.2, 0.25) is 5.88 Å². The number of hydrogen-bond acceptors (Lipinski definition) is 3. The summed E-state index contributed by atoms with van der Waals surface area (Å²) in [6.07, 6.45) is 2.48. The Bertz CT molecular complexity index is 307. The van der Waals surface area contributed by atoms with Crippen LogP contribution in [0.3, 0.4) is 0 Å². The number of halogens is 1. The lowest BCUT2D eigenvalue weighted by Crippen LogP contribution is -2.34. The molecule has 0 unspecified atom stereocenters. The molecule has 2 rings (SSSR count). The summed E-state index contributed by atoms with van der Waals surface area (Å²) in [6.45, 7) is 2.09. The van der Waals surface area contributed by atoms with Crippen LogP contribution in [0.1, 0.15) is 12.8 Å². The van der Waals surface area contributed by atoms with Crippen LogP contribution in [0.5, 0.6) is 5.88 Å². The maximum Gasteiger partial charge on any atom is 0.212 e. The summed E-state index contributed by atoms with van der Waals surface area (Å²) in [4.78, 5) is 0. The normalized spacial score (nSPS) is 18.4. The molecule has 78 valence electrons. The molecule has 0 atom stereocenters. The minimum atomic E-state index is 0.332. The summed E-state index contributed by atoms with van der Waals surface area (Å²) in [5, 5.41) is 7.48. The maximum atomic E-state index is 5.84. The van der Waals surface area contributed by atoms with Gasteiger partial charge in [0, 0.05) is 13.1 Å². The van der Waals surface area contributed by atoms with E-state index in [1.165, 1.54) is 0 Å². The molecule has 0 saturated carbocycles. The number of ether oxygens (including phenoxy) is 1. The molecule has 0 radical (unpaired) electrons. The molecule has 1 saturated heterocycles. The van der Waals surface area contributed by atoms with Crippen molar-refractivity contribution in [1.82, 2.24) is 15.1 Å². The number of rotatable bonds is 2. The lowest BCUT2D eigenvalue weighted by Gasteiger charge is -2.23. The Labute approximate surface area is 91.8 Å². The Hall–Kier alpha value is -0.550. The Morgan fingerprint density at radius 3 is 2.86 bits per heavy atom. The van der Waals surface area contributed by atoms with Gasteiger partial charge in [0.1, 0.15) is 10.7 Å². The van der Waals surface area contributed by atoms with E-state index in [1.807, 2.05) is 13.1 Å². The minimum Gasteiger partial charge on any atom is -0.474 e. The van der Waals surface area contributed by atoms with Gasteiger partial charge in [0.25, 0.3) is 0 Å². The van der Waals surface area contributed by atoms with Crippen molar-refractivity contribution in [3.05, 3.63) is 10.7 Å². The average Bonchev–Trinajstić information content (AvgIpc) is 2.47. The first-order valence-electron chi connectivity index (χ1n) is 4.82. The zero-order chi connectivity index (χ0) is 9.97. The third-order valence-electron chi connectivity index (χ3n) is 2.38. The van der Waals surface area contributed by atoms with Crippen LogP contribution in [-0.4, -0.2) is 29.0 Å². The second-order valence-electron chi connectivity index (χ2n) is 3.50. The predicted molar refractivity (Wildman–Crippen MR) is 57.4 cm³/mol. The van der Waals surface area contributed by atoms with E-state index in [2.05, 4.69) is 26.3 Å². The summed E-state index contributed by atoms with van der Waals surface area (Å²) in [5.41, 5.74) is 0. The van der Waals surface area contributed by atoms with Gasteiger partial charge in [-0.05, 0) is 41.9 Å². The highest BCUT2D eigenvalue weighted by molar-refractivity contribution is 9.10.